The minimum Gasteiger partial charge on any atom is -0.497 e. The first-order chi connectivity index (χ1) is 12.4. The van der Waals surface area contributed by atoms with Gasteiger partial charge in [-0.1, -0.05) is 18.2 Å². The van der Waals surface area contributed by atoms with E-state index in [1.54, 1.807) is 13.2 Å². The normalized spacial score (nSPS) is 15.1. The van der Waals surface area contributed by atoms with Crippen molar-refractivity contribution < 1.29 is 13.2 Å². The number of nitrogens with one attached hydrogen (secondary N) is 1. The Labute approximate surface area is 156 Å². The van der Waals surface area contributed by atoms with Crippen LogP contribution in [0.2, 0.25) is 0 Å². The van der Waals surface area contributed by atoms with Gasteiger partial charge in [0, 0.05) is 12.6 Å². The zero-order valence-electron chi connectivity index (χ0n) is 15.5. The molecule has 1 atom stereocenters. The maximum Gasteiger partial charge on any atom is 0.240 e. The molecule has 0 aromatic heterocycles. The summed E-state index contributed by atoms with van der Waals surface area (Å²) < 4.78 is 33.6. The van der Waals surface area contributed by atoms with Gasteiger partial charge in [0.1, 0.15) is 5.75 Å². The predicted octanol–water partition coefficient (Wildman–Crippen LogP) is 2.77. The number of ether oxygens (including phenoxy) is 1. The molecule has 0 aliphatic heterocycles. The molecule has 0 radical (unpaired) electrons. The van der Waals surface area contributed by atoms with E-state index < -0.39 is 10.0 Å². The van der Waals surface area contributed by atoms with Gasteiger partial charge in [0.25, 0.3) is 0 Å². The van der Waals surface area contributed by atoms with Crippen LogP contribution in [-0.4, -0.2) is 41.1 Å². The van der Waals surface area contributed by atoms with Crippen molar-refractivity contribution in [3.05, 3.63) is 59.2 Å². The lowest BCUT2D eigenvalue weighted by Gasteiger charge is -2.25. The first-order valence-corrected chi connectivity index (χ1v) is 10.3. The SMILES string of the molecule is COc1cccc([C@H](CNS(=O)(=O)c2ccc3c(c2)CCC3)N(C)C)c1. The third-order valence-corrected chi connectivity index (χ3v) is 6.37. The predicted molar refractivity (Wildman–Crippen MR) is 103 cm³/mol. The molecule has 0 saturated carbocycles. The van der Waals surface area contributed by atoms with Crippen LogP contribution in [0.25, 0.3) is 0 Å². The molecular weight excluding hydrogens is 348 g/mol. The van der Waals surface area contributed by atoms with Crippen LogP contribution in [0.4, 0.5) is 0 Å². The molecule has 6 heteroatoms. The molecule has 0 spiro atoms. The van der Waals surface area contributed by atoms with Crippen LogP contribution >= 0.6 is 0 Å². The lowest BCUT2D eigenvalue weighted by Crippen LogP contribution is -2.34. The van der Waals surface area contributed by atoms with Gasteiger partial charge in [-0.3, -0.25) is 0 Å². The van der Waals surface area contributed by atoms with Crippen LogP contribution < -0.4 is 9.46 Å². The molecule has 0 saturated heterocycles. The summed E-state index contributed by atoms with van der Waals surface area (Å²) in [6.07, 6.45) is 3.11. The Morgan fingerprint density at radius 1 is 1.12 bits per heavy atom. The van der Waals surface area contributed by atoms with Gasteiger partial charge in [-0.15, -0.1) is 0 Å². The number of sulfonamides is 1. The Kier molecular flexibility index (Phi) is 5.65. The van der Waals surface area contributed by atoms with Crippen molar-refractivity contribution in [2.75, 3.05) is 27.7 Å². The van der Waals surface area contributed by atoms with Gasteiger partial charge >= 0.3 is 0 Å². The van der Waals surface area contributed by atoms with Crippen molar-refractivity contribution >= 4 is 10.0 Å². The molecule has 2 aromatic carbocycles. The summed E-state index contributed by atoms with van der Waals surface area (Å²) >= 11 is 0. The zero-order chi connectivity index (χ0) is 18.7. The third-order valence-electron chi connectivity index (χ3n) is 4.95. The molecule has 5 nitrogen and oxygen atoms in total. The number of hydrogen-bond donors (Lipinski definition) is 1. The van der Waals surface area contributed by atoms with Gasteiger partial charge in [-0.25, -0.2) is 13.1 Å². The number of rotatable bonds is 7. The summed E-state index contributed by atoms with van der Waals surface area (Å²) in [7, 11) is 1.96. The maximum atomic E-state index is 12.8. The monoisotopic (exact) mass is 374 g/mol. The van der Waals surface area contributed by atoms with Crippen LogP contribution in [0, 0.1) is 0 Å². The molecule has 140 valence electrons. The quantitative estimate of drug-likeness (QED) is 0.810. The number of nitrogens with zero attached hydrogens (tertiary/aromatic N) is 1. The molecule has 1 aliphatic carbocycles. The van der Waals surface area contributed by atoms with Gasteiger partial charge in [0.2, 0.25) is 10.0 Å². The topological polar surface area (TPSA) is 58.6 Å². The van der Waals surface area contributed by atoms with Crippen LogP contribution in [-0.2, 0) is 22.9 Å². The molecule has 0 heterocycles. The Balaban J connectivity index is 1.78. The smallest absolute Gasteiger partial charge is 0.240 e. The van der Waals surface area contributed by atoms with E-state index in [0.29, 0.717) is 11.4 Å². The molecule has 26 heavy (non-hydrogen) atoms. The summed E-state index contributed by atoms with van der Waals surface area (Å²) in [4.78, 5) is 2.35. The van der Waals surface area contributed by atoms with Crippen molar-refractivity contribution in [3.63, 3.8) is 0 Å². The molecule has 1 aliphatic rings. The van der Waals surface area contributed by atoms with Crippen LogP contribution in [0.15, 0.2) is 47.4 Å². The Hall–Kier alpha value is -1.89. The fourth-order valence-corrected chi connectivity index (χ4v) is 4.52. The highest BCUT2D eigenvalue weighted by atomic mass is 32.2. The molecule has 1 N–H and O–H groups in total. The average molecular weight is 375 g/mol. The van der Waals surface area contributed by atoms with Crippen LogP contribution in [0.1, 0.15) is 29.2 Å². The first kappa shape index (κ1) is 18.9. The minimum absolute atomic E-state index is 0.0886. The molecular formula is C20H26N2O3S. The number of methoxy groups -OCH3 is 1. The second-order valence-electron chi connectivity index (χ2n) is 6.89. The second-order valence-corrected chi connectivity index (χ2v) is 8.66. The fourth-order valence-electron chi connectivity index (χ4n) is 3.43. The van der Waals surface area contributed by atoms with Crippen molar-refractivity contribution in [2.24, 2.45) is 0 Å². The number of benzene rings is 2. The van der Waals surface area contributed by atoms with Crippen molar-refractivity contribution in [1.82, 2.24) is 9.62 Å². The van der Waals surface area contributed by atoms with Gasteiger partial charge in [0.05, 0.1) is 12.0 Å². The highest BCUT2D eigenvalue weighted by Gasteiger charge is 2.22. The van der Waals surface area contributed by atoms with E-state index in [-0.39, 0.29) is 6.04 Å². The third kappa shape index (κ3) is 4.09. The summed E-state index contributed by atoms with van der Waals surface area (Å²) in [5.41, 5.74) is 3.43. The van der Waals surface area contributed by atoms with Crippen molar-refractivity contribution in [1.29, 1.82) is 0 Å². The lowest BCUT2D eigenvalue weighted by atomic mass is 10.1. The van der Waals surface area contributed by atoms with Gasteiger partial charge in [0.15, 0.2) is 0 Å². The summed E-state index contributed by atoms with van der Waals surface area (Å²) in [5, 5.41) is 0. The van der Waals surface area contributed by atoms with E-state index in [2.05, 4.69) is 4.72 Å². The average Bonchev–Trinajstić information content (AvgIpc) is 3.09. The minimum atomic E-state index is -3.54. The van der Waals surface area contributed by atoms with Crippen LogP contribution in [0.5, 0.6) is 5.75 Å². The number of hydrogen-bond acceptors (Lipinski definition) is 4. The molecule has 2 aromatic rings. The Bertz CT molecular complexity index is 878. The highest BCUT2D eigenvalue weighted by Crippen LogP contribution is 2.26. The highest BCUT2D eigenvalue weighted by molar-refractivity contribution is 7.89. The Morgan fingerprint density at radius 2 is 1.88 bits per heavy atom. The summed E-state index contributed by atoms with van der Waals surface area (Å²) in [6, 6.07) is 13.1. The number of likely N-dealkylation sites (N-methyl/N-ethyl adjacent to an activating group) is 1. The molecule has 0 amide bonds. The number of aryl methyl sites for hydroxylation is 2. The van der Waals surface area contributed by atoms with Crippen LogP contribution in [0.3, 0.4) is 0 Å². The molecule has 0 unspecified atom stereocenters. The van der Waals surface area contributed by atoms with Crippen molar-refractivity contribution in [2.45, 2.75) is 30.2 Å². The molecule has 0 fully saturated rings. The van der Waals surface area contributed by atoms with Crippen molar-refractivity contribution in [3.8, 4) is 5.75 Å². The fraction of sp³-hybridized carbons (Fsp3) is 0.400. The van der Waals surface area contributed by atoms with Gasteiger partial charge in [-0.05, 0) is 74.3 Å². The summed E-state index contributed by atoms with van der Waals surface area (Å²) in [5.74, 6) is 0.760. The second kappa shape index (κ2) is 7.78. The zero-order valence-corrected chi connectivity index (χ0v) is 16.3. The van der Waals surface area contributed by atoms with E-state index in [1.807, 2.05) is 55.4 Å². The Morgan fingerprint density at radius 3 is 2.62 bits per heavy atom. The van der Waals surface area contributed by atoms with Gasteiger partial charge < -0.3 is 9.64 Å². The van der Waals surface area contributed by atoms with E-state index in [9.17, 15) is 8.42 Å². The molecule has 0 bridgehead atoms. The van der Waals surface area contributed by atoms with E-state index >= 15 is 0 Å². The maximum absolute atomic E-state index is 12.8. The largest absolute Gasteiger partial charge is 0.497 e. The molecule has 3 rings (SSSR count). The first-order valence-electron chi connectivity index (χ1n) is 8.82. The van der Waals surface area contributed by atoms with E-state index in [0.717, 1.165) is 36.1 Å². The summed E-state index contributed by atoms with van der Waals surface area (Å²) in [6.45, 7) is 0.291. The van der Waals surface area contributed by atoms with E-state index in [1.165, 1.54) is 5.56 Å². The van der Waals surface area contributed by atoms with E-state index in [4.69, 9.17) is 4.74 Å². The lowest BCUT2D eigenvalue weighted by molar-refractivity contribution is 0.298. The van der Waals surface area contributed by atoms with Gasteiger partial charge in [-0.2, -0.15) is 0 Å². The standard InChI is InChI=1S/C20H26N2O3S/c1-22(2)20(17-8-5-9-18(12-17)25-3)14-21-26(23,24)19-11-10-15-6-4-7-16(15)13-19/h5,8-13,20-21H,4,6-7,14H2,1-3H3/t20-/m0/s1. The number of fused-ring (bicyclic) bond motifs is 1.